The number of carbonyl (C=O) groups is 2. The van der Waals surface area contributed by atoms with Crippen LogP contribution in [0, 0.1) is 5.82 Å². The number of amides is 1. The number of ether oxygens (including phenoxy) is 1. The molecule has 8 heteroatoms. The summed E-state index contributed by atoms with van der Waals surface area (Å²) in [5, 5.41) is 12.0. The van der Waals surface area contributed by atoms with E-state index in [1.165, 1.54) is 12.1 Å². The second kappa shape index (κ2) is 10.5. The maximum absolute atomic E-state index is 13.1. The molecule has 176 valence electrons. The first-order valence-corrected chi connectivity index (χ1v) is 10.8. The number of carboxylic acid groups (broad SMARTS) is 1. The van der Waals surface area contributed by atoms with Crippen molar-refractivity contribution < 1.29 is 23.8 Å². The molecular formula is C27H22FN3O4. The molecule has 0 aliphatic heterocycles. The van der Waals surface area contributed by atoms with Crippen LogP contribution in [0.15, 0.2) is 84.9 Å². The molecule has 0 unspecified atom stereocenters. The van der Waals surface area contributed by atoms with Crippen molar-refractivity contribution >= 4 is 17.6 Å². The molecule has 0 bridgehead atoms. The zero-order chi connectivity index (χ0) is 24.8. The average molecular weight is 471 g/mol. The molecule has 0 aliphatic rings. The summed E-state index contributed by atoms with van der Waals surface area (Å²) in [6.45, 7) is 0.240. The van der Waals surface area contributed by atoms with Crippen LogP contribution < -0.4 is 15.8 Å². The quantitative estimate of drug-likeness (QED) is 0.304. The Hall–Kier alpha value is -4.72. The monoisotopic (exact) mass is 471 g/mol. The number of hydrogen-bond donors (Lipinski definition) is 3. The number of halogens is 1. The van der Waals surface area contributed by atoms with E-state index < -0.39 is 11.9 Å². The first kappa shape index (κ1) is 23.4. The van der Waals surface area contributed by atoms with Crippen LogP contribution in [0.5, 0.6) is 11.5 Å². The predicted octanol–water partition coefficient (Wildman–Crippen LogP) is 5.33. The fraction of sp³-hybridized carbons (Fsp3) is 0.0741. The minimum absolute atomic E-state index is 0.0410. The van der Waals surface area contributed by atoms with Gasteiger partial charge in [0.2, 0.25) is 0 Å². The zero-order valence-electron chi connectivity index (χ0n) is 18.6. The van der Waals surface area contributed by atoms with Crippen molar-refractivity contribution in [2.45, 2.75) is 6.42 Å². The summed E-state index contributed by atoms with van der Waals surface area (Å²) in [4.78, 5) is 27.3. The molecule has 4 aromatic rings. The maximum Gasteiger partial charge on any atom is 0.305 e. The minimum atomic E-state index is -0.905. The van der Waals surface area contributed by atoms with Gasteiger partial charge in [-0.3, -0.25) is 9.59 Å². The molecule has 0 radical (unpaired) electrons. The van der Waals surface area contributed by atoms with Gasteiger partial charge in [-0.1, -0.05) is 30.3 Å². The first-order chi connectivity index (χ1) is 16.9. The van der Waals surface area contributed by atoms with Gasteiger partial charge in [-0.2, -0.15) is 0 Å². The van der Waals surface area contributed by atoms with Gasteiger partial charge in [0.25, 0.3) is 5.91 Å². The molecule has 0 aliphatic carbocycles. The Morgan fingerprint density at radius 2 is 1.57 bits per heavy atom. The third-order valence-electron chi connectivity index (χ3n) is 5.17. The highest BCUT2D eigenvalue weighted by Crippen LogP contribution is 2.32. The minimum Gasteiger partial charge on any atom is -0.481 e. The lowest BCUT2D eigenvalue weighted by Crippen LogP contribution is -2.14. The Morgan fingerprint density at radius 3 is 2.23 bits per heavy atom. The van der Waals surface area contributed by atoms with E-state index in [4.69, 9.17) is 15.6 Å². The molecule has 4 rings (SSSR count). The lowest BCUT2D eigenvalue weighted by Gasteiger charge is -2.13. The number of carboxylic acids is 1. The SMILES string of the molecule is NC(=O)c1cc(-c2ccc(Oc3ccc(F)cc3)cc2)cc(-c2ccccc2NCCC(=O)O)n1. The highest BCUT2D eigenvalue weighted by Gasteiger charge is 2.13. The van der Waals surface area contributed by atoms with E-state index in [-0.39, 0.29) is 24.5 Å². The van der Waals surface area contributed by atoms with Crippen LogP contribution in [0.25, 0.3) is 22.4 Å². The second-order valence-electron chi connectivity index (χ2n) is 7.69. The number of rotatable bonds is 9. The topological polar surface area (TPSA) is 115 Å². The van der Waals surface area contributed by atoms with Crippen molar-refractivity contribution in [3.8, 4) is 33.9 Å². The van der Waals surface area contributed by atoms with Crippen LogP contribution >= 0.6 is 0 Å². The Labute approximate surface area is 201 Å². The molecule has 1 aromatic heterocycles. The van der Waals surface area contributed by atoms with Crippen molar-refractivity contribution in [1.29, 1.82) is 0 Å². The molecule has 0 spiro atoms. The van der Waals surface area contributed by atoms with Crippen LogP contribution in [0.3, 0.4) is 0 Å². The number of nitrogens with two attached hydrogens (primary N) is 1. The van der Waals surface area contributed by atoms with Gasteiger partial charge >= 0.3 is 5.97 Å². The van der Waals surface area contributed by atoms with Crippen molar-refractivity contribution in [2.24, 2.45) is 5.73 Å². The number of nitrogens with zero attached hydrogens (tertiary/aromatic N) is 1. The second-order valence-corrected chi connectivity index (χ2v) is 7.69. The normalized spacial score (nSPS) is 10.5. The Bertz CT molecular complexity index is 1360. The molecule has 0 fully saturated rings. The summed E-state index contributed by atoms with van der Waals surface area (Å²) in [6.07, 6.45) is -0.0410. The summed E-state index contributed by atoms with van der Waals surface area (Å²) in [7, 11) is 0. The number of aliphatic carboxylic acids is 1. The van der Waals surface area contributed by atoms with Gasteiger partial charge in [-0.05, 0) is 65.7 Å². The van der Waals surface area contributed by atoms with E-state index in [2.05, 4.69) is 10.3 Å². The van der Waals surface area contributed by atoms with E-state index in [1.54, 1.807) is 30.3 Å². The van der Waals surface area contributed by atoms with Gasteiger partial charge in [0, 0.05) is 17.8 Å². The number of primary amides is 1. The number of nitrogens with one attached hydrogen (secondary N) is 1. The van der Waals surface area contributed by atoms with Gasteiger partial charge in [0.05, 0.1) is 12.1 Å². The molecule has 4 N–H and O–H groups in total. The molecule has 35 heavy (non-hydrogen) atoms. The van der Waals surface area contributed by atoms with Gasteiger partial charge in [-0.25, -0.2) is 9.37 Å². The summed E-state index contributed by atoms with van der Waals surface area (Å²) in [6, 6.07) is 23.7. The van der Waals surface area contributed by atoms with Crippen LogP contribution in [0.4, 0.5) is 10.1 Å². The lowest BCUT2D eigenvalue weighted by atomic mass is 10.0. The van der Waals surface area contributed by atoms with E-state index in [0.29, 0.717) is 28.4 Å². The van der Waals surface area contributed by atoms with Crippen molar-refractivity contribution in [3.63, 3.8) is 0 Å². The van der Waals surface area contributed by atoms with Crippen LogP contribution in [0.2, 0.25) is 0 Å². The number of aromatic nitrogens is 1. The third-order valence-corrected chi connectivity index (χ3v) is 5.17. The van der Waals surface area contributed by atoms with Gasteiger partial charge in [-0.15, -0.1) is 0 Å². The number of hydrogen-bond acceptors (Lipinski definition) is 5. The standard InChI is InChI=1S/C27H22FN3O4/c28-19-7-11-21(12-8-19)35-20-9-5-17(6-10-20)18-15-24(31-25(16-18)27(29)34)22-3-1-2-4-23(22)30-14-13-26(32)33/h1-12,15-16,30H,13-14H2,(H2,29,34)(H,32,33). The predicted molar refractivity (Wildman–Crippen MR) is 131 cm³/mol. The number of anilines is 1. The van der Waals surface area contributed by atoms with Crippen LogP contribution in [0.1, 0.15) is 16.9 Å². The first-order valence-electron chi connectivity index (χ1n) is 10.8. The summed E-state index contributed by atoms with van der Waals surface area (Å²) >= 11 is 0. The highest BCUT2D eigenvalue weighted by atomic mass is 19.1. The number of carbonyl (C=O) groups excluding carboxylic acids is 1. The van der Waals surface area contributed by atoms with E-state index in [9.17, 15) is 14.0 Å². The fourth-order valence-electron chi connectivity index (χ4n) is 3.48. The Morgan fingerprint density at radius 1 is 0.914 bits per heavy atom. The molecule has 0 saturated heterocycles. The van der Waals surface area contributed by atoms with Crippen LogP contribution in [-0.2, 0) is 4.79 Å². The third kappa shape index (κ3) is 6.00. The lowest BCUT2D eigenvalue weighted by molar-refractivity contribution is -0.136. The molecule has 0 saturated carbocycles. The van der Waals surface area contributed by atoms with E-state index >= 15 is 0 Å². The van der Waals surface area contributed by atoms with Crippen molar-refractivity contribution in [2.75, 3.05) is 11.9 Å². The van der Waals surface area contributed by atoms with Gasteiger partial charge < -0.3 is 20.9 Å². The number of benzene rings is 3. The molecule has 1 amide bonds. The Balaban J connectivity index is 1.65. The summed E-state index contributed by atoms with van der Waals surface area (Å²) in [5.74, 6) is -0.838. The highest BCUT2D eigenvalue weighted by molar-refractivity contribution is 5.93. The molecule has 7 nitrogen and oxygen atoms in total. The molecule has 3 aromatic carbocycles. The van der Waals surface area contributed by atoms with Crippen LogP contribution in [-0.4, -0.2) is 28.5 Å². The average Bonchev–Trinajstić information content (AvgIpc) is 2.86. The molecular weight excluding hydrogens is 449 g/mol. The fourth-order valence-corrected chi connectivity index (χ4v) is 3.48. The zero-order valence-corrected chi connectivity index (χ0v) is 18.6. The number of pyridine rings is 1. The van der Waals surface area contributed by atoms with Crippen molar-refractivity contribution in [3.05, 3.63) is 96.4 Å². The smallest absolute Gasteiger partial charge is 0.305 e. The van der Waals surface area contributed by atoms with Crippen molar-refractivity contribution in [1.82, 2.24) is 4.98 Å². The molecule has 0 atom stereocenters. The maximum atomic E-state index is 13.1. The number of para-hydroxylation sites is 1. The van der Waals surface area contributed by atoms with E-state index in [1.807, 2.05) is 42.5 Å². The molecule has 1 heterocycles. The summed E-state index contributed by atoms with van der Waals surface area (Å²) in [5.41, 5.74) is 9.09. The summed E-state index contributed by atoms with van der Waals surface area (Å²) < 4.78 is 18.9. The van der Waals surface area contributed by atoms with E-state index in [0.717, 1.165) is 11.1 Å². The Kier molecular flexibility index (Phi) is 7.02. The van der Waals surface area contributed by atoms with Gasteiger partial charge in [0.15, 0.2) is 0 Å². The largest absolute Gasteiger partial charge is 0.481 e. The van der Waals surface area contributed by atoms with Gasteiger partial charge in [0.1, 0.15) is 23.0 Å².